The first-order chi connectivity index (χ1) is 12.3. The molecule has 0 saturated carbocycles. The number of nitrogens with one attached hydrogen (secondary N) is 2. The number of benzene rings is 1. The van der Waals surface area contributed by atoms with Gasteiger partial charge in [-0.1, -0.05) is 12.1 Å². The summed E-state index contributed by atoms with van der Waals surface area (Å²) in [7, 11) is 0. The van der Waals surface area contributed by atoms with E-state index in [1.807, 2.05) is 0 Å². The predicted molar refractivity (Wildman–Crippen MR) is 83.4 cm³/mol. The number of rotatable bonds is 4. The second-order valence-electron chi connectivity index (χ2n) is 6.08. The first kappa shape index (κ1) is 18.2. The summed E-state index contributed by atoms with van der Waals surface area (Å²) in [6.07, 6.45) is -4.48. The molecule has 1 aromatic carbocycles. The Labute approximate surface area is 146 Å². The maximum atomic E-state index is 13.1. The standard InChI is InChI=1S/C16H17F4N5O/c17-12-3-1-2-10(6-12)8-21-15(26)22-9-14-24-23-13-7-11(16(18,19)20)4-5-25(13)14/h1-3,6,11H,4-5,7-9H2,(H2,21,22,26). The third-order valence-electron chi connectivity index (χ3n) is 4.25. The molecule has 3 rings (SSSR count). The van der Waals surface area contributed by atoms with E-state index in [2.05, 4.69) is 20.8 Å². The van der Waals surface area contributed by atoms with Crippen molar-refractivity contribution in [3.63, 3.8) is 0 Å². The maximum Gasteiger partial charge on any atom is 0.392 e. The van der Waals surface area contributed by atoms with Gasteiger partial charge in [0.25, 0.3) is 0 Å². The molecule has 2 aromatic rings. The summed E-state index contributed by atoms with van der Waals surface area (Å²) in [5.74, 6) is -1.12. The molecule has 6 nitrogen and oxygen atoms in total. The van der Waals surface area contributed by atoms with E-state index >= 15 is 0 Å². The molecule has 26 heavy (non-hydrogen) atoms. The summed E-state index contributed by atoms with van der Waals surface area (Å²) < 4.78 is 53.1. The summed E-state index contributed by atoms with van der Waals surface area (Å²) >= 11 is 0. The highest BCUT2D eigenvalue weighted by Gasteiger charge is 2.42. The molecule has 2 N–H and O–H groups in total. The van der Waals surface area contributed by atoms with Gasteiger partial charge in [0.05, 0.1) is 12.5 Å². The Bertz CT molecular complexity index is 789. The van der Waals surface area contributed by atoms with Crippen molar-refractivity contribution in [3.05, 3.63) is 47.3 Å². The fourth-order valence-corrected chi connectivity index (χ4v) is 2.85. The minimum Gasteiger partial charge on any atom is -0.334 e. The van der Waals surface area contributed by atoms with Crippen molar-refractivity contribution in [1.82, 2.24) is 25.4 Å². The zero-order chi connectivity index (χ0) is 18.7. The third kappa shape index (κ3) is 4.30. The fraction of sp³-hybridized carbons (Fsp3) is 0.438. The van der Waals surface area contributed by atoms with Crippen LogP contribution in [0.15, 0.2) is 24.3 Å². The Morgan fingerprint density at radius 3 is 2.73 bits per heavy atom. The molecule has 0 aliphatic carbocycles. The van der Waals surface area contributed by atoms with Crippen LogP contribution in [0.4, 0.5) is 22.4 Å². The second kappa shape index (κ2) is 7.30. The topological polar surface area (TPSA) is 71.8 Å². The Balaban J connectivity index is 1.51. The average Bonchev–Trinajstić information content (AvgIpc) is 3.00. The molecule has 0 fully saturated rings. The van der Waals surface area contributed by atoms with E-state index in [-0.39, 0.29) is 38.3 Å². The Kier molecular flexibility index (Phi) is 5.10. The lowest BCUT2D eigenvalue weighted by Gasteiger charge is -2.25. The largest absolute Gasteiger partial charge is 0.392 e. The Morgan fingerprint density at radius 2 is 2.00 bits per heavy atom. The number of hydrogen-bond donors (Lipinski definition) is 2. The quantitative estimate of drug-likeness (QED) is 0.812. The highest BCUT2D eigenvalue weighted by Crippen LogP contribution is 2.34. The number of carbonyl (C=O) groups excluding carboxylic acids is 1. The van der Waals surface area contributed by atoms with E-state index in [1.54, 1.807) is 16.7 Å². The molecule has 0 bridgehead atoms. The molecule has 10 heteroatoms. The molecule has 1 unspecified atom stereocenters. The maximum absolute atomic E-state index is 13.1. The van der Waals surface area contributed by atoms with Gasteiger partial charge in [0.1, 0.15) is 11.6 Å². The lowest BCUT2D eigenvalue weighted by molar-refractivity contribution is -0.179. The molecule has 1 aliphatic rings. The van der Waals surface area contributed by atoms with Gasteiger partial charge in [-0.15, -0.1) is 10.2 Å². The highest BCUT2D eigenvalue weighted by atomic mass is 19.4. The molecular weight excluding hydrogens is 354 g/mol. The molecule has 0 saturated heterocycles. The number of nitrogens with zero attached hydrogens (tertiary/aromatic N) is 3. The normalized spacial score (nSPS) is 16.8. The molecule has 0 radical (unpaired) electrons. The van der Waals surface area contributed by atoms with Crippen molar-refractivity contribution in [2.45, 2.75) is 38.7 Å². The SMILES string of the molecule is O=C(NCc1cccc(F)c1)NCc1nnc2n1CCC(C(F)(F)F)C2. The van der Waals surface area contributed by atoms with Gasteiger partial charge in [0.15, 0.2) is 5.82 Å². The fourth-order valence-electron chi connectivity index (χ4n) is 2.85. The van der Waals surface area contributed by atoms with E-state index in [9.17, 15) is 22.4 Å². The number of alkyl halides is 3. The molecule has 2 heterocycles. The number of fused-ring (bicyclic) bond motifs is 1. The van der Waals surface area contributed by atoms with E-state index < -0.39 is 23.9 Å². The van der Waals surface area contributed by atoms with Gasteiger partial charge in [-0.05, 0) is 24.1 Å². The second-order valence-corrected chi connectivity index (χ2v) is 6.08. The van der Waals surface area contributed by atoms with E-state index in [0.29, 0.717) is 11.4 Å². The van der Waals surface area contributed by atoms with Gasteiger partial charge in [-0.2, -0.15) is 13.2 Å². The third-order valence-corrected chi connectivity index (χ3v) is 4.25. The van der Waals surface area contributed by atoms with Crippen LogP contribution in [-0.4, -0.2) is 27.0 Å². The lowest BCUT2D eigenvalue weighted by atomic mass is 9.97. The van der Waals surface area contributed by atoms with Crippen LogP contribution in [0.5, 0.6) is 0 Å². The van der Waals surface area contributed by atoms with Gasteiger partial charge >= 0.3 is 12.2 Å². The molecule has 0 spiro atoms. The first-order valence-electron chi connectivity index (χ1n) is 8.07. The van der Waals surface area contributed by atoms with Crippen molar-refractivity contribution in [3.8, 4) is 0 Å². The number of urea groups is 1. The van der Waals surface area contributed by atoms with Crippen LogP contribution in [0.1, 0.15) is 23.6 Å². The number of aromatic nitrogens is 3. The van der Waals surface area contributed by atoms with Crippen LogP contribution in [0.3, 0.4) is 0 Å². The van der Waals surface area contributed by atoms with Crippen LogP contribution in [0.25, 0.3) is 0 Å². The van der Waals surface area contributed by atoms with Crippen LogP contribution in [-0.2, 0) is 26.1 Å². The number of carbonyl (C=O) groups is 1. The lowest BCUT2D eigenvalue weighted by Crippen LogP contribution is -2.36. The zero-order valence-electron chi connectivity index (χ0n) is 13.7. The van der Waals surface area contributed by atoms with Gasteiger partial charge in [0, 0.05) is 19.5 Å². The highest BCUT2D eigenvalue weighted by molar-refractivity contribution is 5.73. The molecule has 1 aromatic heterocycles. The summed E-state index contributed by atoms with van der Waals surface area (Å²) in [6.45, 7) is 0.349. The number of hydrogen-bond acceptors (Lipinski definition) is 3. The zero-order valence-corrected chi connectivity index (χ0v) is 13.7. The van der Waals surface area contributed by atoms with E-state index in [0.717, 1.165) is 0 Å². The number of halogens is 4. The summed E-state index contributed by atoms with van der Waals surface area (Å²) in [4.78, 5) is 11.8. The van der Waals surface area contributed by atoms with Crippen LogP contribution < -0.4 is 10.6 Å². The molecule has 1 atom stereocenters. The van der Waals surface area contributed by atoms with Crippen LogP contribution >= 0.6 is 0 Å². The summed E-state index contributed by atoms with van der Waals surface area (Å²) in [5.41, 5.74) is 0.609. The van der Waals surface area contributed by atoms with Gasteiger partial charge in [0.2, 0.25) is 0 Å². The average molecular weight is 371 g/mol. The first-order valence-corrected chi connectivity index (χ1v) is 8.07. The van der Waals surface area contributed by atoms with Gasteiger partial charge < -0.3 is 15.2 Å². The monoisotopic (exact) mass is 371 g/mol. The van der Waals surface area contributed by atoms with Crippen molar-refractivity contribution < 1.29 is 22.4 Å². The Morgan fingerprint density at radius 1 is 1.23 bits per heavy atom. The minimum atomic E-state index is -4.24. The number of amides is 2. The van der Waals surface area contributed by atoms with Crippen LogP contribution in [0.2, 0.25) is 0 Å². The Hall–Kier alpha value is -2.65. The van der Waals surface area contributed by atoms with Crippen molar-refractivity contribution in [2.75, 3.05) is 0 Å². The molecular formula is C16H17F4N5O. The summed E-state index contributed by atoms with van der Waals surface area (Å²) in [6, 6.07) is 5.35. The van der Waals surface area contributed by atoms with Crippen molar-refractivity contribution in [2.24, 2.45) is 5.92 Å². The molecule has 140 valence electrons. The minimum absolute atomic E-state index is 0.0344. The van der Waals surface area contributed by atoms with Crippen molar-refractivity contribution >= 4 is 6.03 Å². The van der Waals surface area contributed by atoms with E-state index in [1.165, 1.54) is 12.1 Å². The predicted octanol–water partition coefficient (Wildman–Crippen LogP) is 2.54. The van der Waals surface area contributed by atoms with Crippen molar-refractivity contribution in [1.29, 1.82) is 0 Å². The van der Waals surface area contributed by atoms with Gasteiger partial charge in [-0.3, -0.25) is 0 Å². The molecule has 2 amide bonds. The molecule has 1 aliphatic heterocycles. The van der Waals surface area contributed by atoms with Gasteiger partial charge in [-0.25, -0.2) is 9.18 Å². The van der Waals surface area contributed by atoms with E-state index in [4.69, 9.17) is 0 Å². The van der Waals surface area contributed by atoms with Crippen LogP contribution in [0, 0.1) is 11.7 Å². The summed E-state index contributed by atoms with van der Waals surface area (Å²) in [5, 5.41) is 12.8. The smallest absolute Gasteiger partial charge is 0.334 e.